The molecule has 1 aromatic rings. The Hall–Kier alpha value is -0.940. The molecule has 1 fully saturated rings. The maximum atomic E-state index is 5.46. The lowest BCUT2D eigenvalue weighted by Crippen LogP contribution is -2.16. The molecule has 1 aliphatic heterocycles. The molecule has 1 atom stereocenters. The van der Waals surface area contributed by atoms with Crippen LogP contribution in [0.3, 0.4) is 0 Å². The second kappa shape index (κ2) is 3.43. The number of nitrogens with two attached hydrogens (primary N) is 1. The van der Waals surface area contributed by atoms with Gasteiger partial charge in [0.05, 0.1) is 17.9 Å². The van der Waals surface area contributed by atoms with Crippen molar-refractivity contribution in [2.45, 2.75) is 19.0 Å². The first kappa shape index (κ1) is 8.65. The maximum Gasteiger partial charge on any atom is 0.0962 e. The van der Waals surface area contributed by atoms with E-state index < -0.39 is 0 Å². The van der Waals surface area contributed by atoms with Crippen LogP contribution in [0.5, 0.6) is 0 Å². The molecule has 2 rings (SSSR count). The predicted octanol–water partition coefficient (Wildman–Crippen LogP) is -0.387. The highest BCUT2D eigenvalue weighted by molar-refractivity contribution is 4.93. The second-order valence-electron chi connectivity index (χ2n) is 3.60. The number of aromatic nitrogens is 3. The van der Waals surface area contributed by atoms with E-state index in [4.69, 9.17) is 5.73 Å². The van der Waals surface area contributed by atoms with Crippen LogP contribution in [0.2, 0.25) is 0 Å². The van der Waals surface area contributed by atoms with E-state index >= 15 is 0 Å². The van der Waals surface area contributed by atoms with Crippen molar-refractivity contribution in [1.82, 2.24) is 19.9 Å². The van der Waals surface area contributed by atoms with Crippen LogP contribution in [0.15, 0.2) is 6.20 Å². The third kappa shape index (κ3) is 1.71. The SMILES string of the molecule is CN1CCC(n2cc(CN)nn2)C1. The Morgan fingerprint density at radius 3 is 3.08 bits per heavy atom. The van der Waals surface area contributed by atoms with Gasteiger partial charge in [-0.25, -0.2) is 4.68 Å². The Morgan fingerprint density at radius 2 is 2.54 bits per heavy atom. The maximum absolute atomic E-state index is 5.46. The summed E-state index contributed by atoms with van der Waals surface area (Å²) in [5, 5.41) is 8.04. The van der Waals surface area contributed by atoms with Crippen LogP contribution < -0.4 is 5.73 Å². The van der Waals surface area contributed by atoms with E-state index in [1.165, 1.54) is 0 Å². The van der Waals surface area contributed by atoms with Crippen LogP contribution in [0, 0.1) is 0 Å². The quantitative estimate of drug-likeness (QED) is 0.675. The molecule has 0 amide bonds. The summed E-state index contributed by atoms with van der Waals surface area (Å²) in [5.74, 6) is 0. The van der Waals surface area contributed by atoms with Crippen molar-refractivity contribution in [3.05, 3.63) is 11.9 Å². The first-order chi connectivity index (χ1) is 6.29. The number of likely N-dealkylation sites (N-methyl/N-ethyl adjacent to an activating group) is 1. The molecule has 0 bridgehead atoms. The lowest BCUT2D eigenvalue weighted by molar-refractivity contribution is 0.379. The number of hydrogen-bond donors (Lipinski definition) is 1. The molecule has 1 saturated heterocycles. The van der Waals surface area contributed by atoms with E-state index in [1.54, 1.807) is 0 Å². The van der Waals surface area contributed by atoms with Gasteiger partial charge >= 0.3 is 0 Å². The van der Waals surface area contributed by atoms with Crippen LogP contribution >= 0.6 is 0 Å². The van der Waals surface area contributed by atoms with Gasteiger partial charge in [0.2, 0.25) is 0 Å². The van der Waals surface area contributed by atoms with Crippen molar-refractivity contribution in [2.24, 2.45) is 5.73 Å². The van der Waals surface area contributed by atoms with E-state index in [-0.39, 0.29) is 0 Å². The van der Waals surface area contributed by atoms with Gasteiger partial charge in [-0.05, 0) is 20.0 Å². The van der Waals surface area contributed by atoms with Crippen LogP contribution in [-0.2, 0) is 6.54 Å². The molecular formula is C8H15N5. The number of rotatable bonds is 2. The monoisotopic (exact) mass is 181 g/mol. The van der Waals surface area contributed by atoms with E-state index in [2.05, 4.69) is 22.3 Å². The van der Waals surface area contributed by atoms with E-state index in [1.807, 2.05) is 10.9 Å². The van der Waals surface area contributed by atoms with E-state index in [0.29, 0.717) is 12.6 Å². The third-order valence-corrected chi connectivity index (χ3v) is 2.51. The third-order valence-electron chi connectivity index (χ3n) is 2.51. The molecule has 2 heterocycles. The van der Waals surface area contributed by atoms with Gasteiger partial charge in [-0.2, -0.15) is 0 Å². The zero-order valence-electron chi connectivity index (χ0n) is 7.85. The second-order valence-corrected chi connectivity index (χ2v) is 3.60. The molecule has 1 unspecified atom stereocenters. The summed E-state index contributed by atoms with van der Waals surface area (Å²) < 4.78 is 1.94. The van der Waals surface area contributed by atoms with Crippen molar-refractivity contribution < 1.29 is 0 Å². The van der Waals surface area contributed by atoms with Gasteiger partial charge in [-0.15, -0.1) is 5.10 Å². The van der Waals surface area contributed by atoms with Crippen LogP contribution in [0.4, 0.5) is 0 Å². The summed E-state index contributed by atoms with van der Waals surface area (Å²) in [6, 6.07) is 0.484. The van der Waals surface area contributed by atoms with Gasteiger partial charge in [0.25, 0.3) is 0 Å². The Morgan fingerprint density at radius 1 is 1.69 bits per heavy atom. The van der Waals surface area contributed by atoms with E-state index in [0.717, 1.165) is 25.2 Å². The molecule has 0 saturated carbocycles. The van der Waals surface area contributed by atoms with Crippen LogP contribution in [0.1, 0.15) is 18.2 Å². The Kier molecular flexibility index (Phi) is 2.28. The summed E-state index contributed by atoms with van der Waals surface area (Å²) >= 11 is 0. The summed E-state index contributed by atoms with van der Waals surface area (Å²) in [6.07, 6.45) is 3.10. The molecule has 0 radical (unpaired) electrons. The summed E-state index contributed by atoms with van der Waals surface area (Å²) in [6.45, 7) is 2.68. The first-order valence-corrected chi connectivity index (χ1v) is 4.59. The van der Waals surface area contributed by atoms with Crippen LogP contribution in [-0.4, -0.2) is 40.0 Å². The number of likely N-dealkylation sites (tertiary alicyclic amines) is 1. The van der Waals surface area contributed by atoms with Crippen molar-refractivity contribution in [2.75, 3.05) is 20.1 Å². The van der Waals surface area contributed by atoms with Gasteiger partial charge < -0.3 is 10.6 Å². The summed E-state index contributed by atoms with van der Waals surface area (Å²) in [5.41, 5.74) is 6.33. The Labute approximate surface area is 77.5 Å². The molecule has 2 N–H and O–H groups in total. The van der Waals surface area contributed by atoms with Crippen molar-refractivity contribution in [3.8, 4) is 0 Å². The van der Waals surface area contributed by atoms with Gasteiger partial charge in [-0.1, -0.05) is 5.21 Å². The summed E-state index contributed by atoms with van der Waals surface area (Å²) in [4.78, 5) is 2.30. The molecular weight excluding hydrogens is 166 g/mol. The largest absolute Gasteiger partial charge is 0.325 e. The first-order valence-electron chi connectivity index (χ1n) is 4.59. The predicted molar refractivity (Wildman–Crippen MR) is 49.1 cm³/mol. The molecule has 13 heavy (non-hydrogen) atoms. The zero-order chi connectivity index (χ0) is 9.26. The van der Waals surface area contributed by atoms with Gasteiger partial charge in [-0.3, -0.25) is 0 Å². The molecule has 0 aliphatic carbocycles. The molecule has 72 valence electrons. The highest BCUT2D eigenvalue weighted by Crippen LogP contribution is 2.18. The average molecular weight is 181 g/mol. The topological polar surface area (TPSA) is 60.0 Å². The number of hydrogen-bond acceptors (Lipinski definition) is 4. The zero-order valence-corrected chi connectivity index (χ0v) is 7.85. The number of nitrogens with zero attached hydrogens (tertiary/aromatic N) is 4. The fourth-order valence-electron chi connectivity index (χ4n) is 1.71. The van der Waals surface area contributed by atoms with Crippen molar-refractivity contribution in [3.63, 3.8) is 0 Å². The lowest BCUT2D eigenvalue weighted by atomic mass is 10.3. The standard InChI is InChI=1S/C8H15N5/c1-12-3-2-8(6-12)13-5-7(4-9)10-11-13/h5,8H,2-4,6,9H2,1H3. The molecule has 0 spiro atoms. The van der Waals surface area contributed by atoms with Gasteiger partial charge in [0, 0.05) is 13.1 Å². The fraction of sp³-hybridized carbons (Fsp3) is 0.750. The minimum Gasteiger partial charge on any atom is -0.325 e. The van der Waals surface area contributed by atoms with Crippen molar-refractivity contribution in [1.29, 1.82) is 0 Å². The highest BCUT2D eigenvalue weighted by Gasteiger charge is 2.21. The molecule has 1 aromatic heterocycles. The van der Waals surface area contributed by atoms with Gasteiger partial charge in [0.1, 0.15) is 0 Å². The highest BCUT2D eigenvalue weighted by atomic mass is 15.4. The Bertz CT molecular complexity index is 282. The average Bonchev–Trinajstić information content (AvgIpc) is 2.71. The van der Waals surface area contributed by atoms with E-state index in [9.17, 15) is 0 Å². The normalized spacial score (nSPS) is 24.0. The minimum absolute atomic E-state index is 0.475. The van der Waals surface area contributed by atoms with Crippen molar-refractivity contribution >= 4 is 0 Å². The Balaban J connectivity index is 2.08. The fourth-order valence-corrected chi connectivity index (χ4v) is 1.71. The summed E-state index contributed by atoms with van der Waals surface area (Å²) in [7, 11) is 2.13. The molecule has 1 aliphatic rings. The van der Waals surface area contributed by atoms with Crippen LogP contribution in [0.25, 0.3) is 0 Å². The minimum atomic E-state index is 0.475. The smallest absolute Gasteiger partial charge is 0.0962 e. The lowest BCUT2D eigenvalue weighted by Gasteiger charge is -2.09. The van der Waals surface area contributed by atoms with Gasteiger partial charge in [0.15, 0.2) is 0 Å². The molecule has 5 heteroatoms. The molecule has 0 aromatic carbocycles. The molecule has 5 nitrogen and oxygen atoms in total.